The van der Waals surface area contributed by atoms with E-state index in [2.05, 4.69) is 26.0 Å². The minimum Gasteiger partial charge on any atom is -0.481 e. The number of benzene rings is 1. The van der Waals surface area contributed by atoms with Gasteiger partial charge in [-0.15, -0.1) is 0 Å². The van der Waals surface area contributed by atoms with E-state index in [4.69, 9.17) is 5.11 Å². The molecule has 0 amide bonds. The van der Waals surface area contributed by atoms with E-state index < -0.39 is 5.97 Å². The molecule has 1 atom stereocenters. The van der Waals surface area contributed by atoms with E-state index in [-0.39, 0.29) is 12.3 Å². The highest BCUT2D eigenvalue weighted by molar-refractivity contribution is 5.67. The van der Waals surface area contributed by atoms with E-state index in [1.807, 2.05) is 18.2 Å². The molecular weight excluding hydrogens is 200 g/mol. The van der Waals surface area contributed by atoms with Crippen LogP contribution in [-0.2, 0) is 11.2 Å². The summed E-state index contributed by atoms with van der Waals surface area (Å²) in [6.45, 7) is 4.28. The van der Waals surface area contributed by atoms with Crippen LogP contribution in [0.25, 0.3) is 0 Å². The molecule has 0 radical (unpaired) electrons. The number of carboxylic acids is 1. The van der Waals surface area contributed by atoms with Crippen LogP contribution in [-0.4, -0.2) is 11.1 Å². The SMILES string of the molecule is CC(C)CC(CC(=O)O)Cc1ccccc1. The summed E-state index contributed by atoms with van der Waals surface area (Å²) in [5, 5.41) is 8.87. The third-order valence-electron chi connectivity index (χ3n) is 2.64. The monoisotopic (exact) mass is 220 g/mol. The minimum absolute atomic E-state index is 0.250. The Morgan fingerprint density at radius 2 is 1.88 bits per heavy atom. The predicted octanol–water partition coefficient (Wildman–Crippen LogP) is 3.37. The van der Waals surface area contributed by atoms with E-state index in [0.29, 0.717) is 5.92 Å². The Balaban J connectivity index is 2.59. The maximum Gasteiger partial charge on any atom is 0.303 e. The van der Waals surface area contributed by atoms with Gasteiger partial charge >= 0.3 is 5.97 Å². The second kappa shape index (κ2) is 6.31. The lowest BCUT2D eigenvalue weighted by Gasteiger charge is -2.17. The fourth-order valence-corrected chi connectivity index (χ4v) is 2.10. The van der Waals surface area contributed by atoms with Crippen molar-refractivity contribution in [2.45, 2.75) is 33.1 Å². The molecule has 0 saturated carbocycles. The Labute approximate surface area is 97.3 Å². The van der Waals surface area contributed by atoms with Crippen molar-refractivity contribution in [3.63, 3.8) is 0 Å². The maximum atomic E-state index is 10.8. The Morgan fingerprint density at radius 1 is 1.25 bits per heavy atom. The van der Waals surface area contributed by atoms with Crippen LogP contribution in [0.15, 0.2) is 30.3 Å². The molecule has 1 aromatic carbocycles. The van der Waals surface area contributed by atoms with Gasteiger partial charge in [0.15, 0.2) is 0 Å². The molecule has 2 nitrogen and oxygen atoms in total. The minimum atomic E-state index is -0.693. The average molecular weight is 220 g/mol. The summed E-state index contributed by atoms with van der Waals surface area (Å²) in [5.74, 6) is 0.106. The van der Waals surface area contributed by atoms with Gasteiger partial charge < -0.3 is 5.11 Å². The van der Waals surface area contributed by atoms with Crippen molar-refractivity contribution in [3.05, 3.63) is 35.9 Å². The van der Waals surface area contributed by atoms with Gasteiger partial charge in [0.1, 0.15) is 0 Å². The number of rotatable bonds is 6. The fourth-order valence-electron chi connectivity index (χ4n) is 2.10. The first kappa shape index (κ1) is 12.8. The van der Waals surface area contributed by atoms with E-state index in [0.717, 1.165) is 12.8 Å². The number of carboxylic acid groups (broad SMARTS) is 1. The summed E-state index contributed by atoms with van der Waals surface area (Å²) >= 11 is 0. The fraction of sp³-hybridized carbons (Fsp3) is 0.500. The van der Waals surface area contributed by atoms with Crippen molar-refractivity contribution in [3.8, 4) is 0 Å². The molecule has 0 aliphatic rings. The van der Waals surface area contributed by atoms with Crippen LogP contribution < -0.4 is 0 Å². The van der Waals surface area contributed by atoms with Crippen LogP contribution in [0.4, 0.5) is 0 Å². The molecule has 88 valence electrons. The summed E-state index contributed by atoms with van der Waals surface area (Å²) in [4.78, 5) is 10.8. The van der Waals surface area contributed by atoms with Gasteiger partial charge in [0.2, 0.25) is 0 Å². The molecule has 0 aliphatic heterocycles. The Hall–Kier alpha value is -1.31. The van der Waals surface area contributed by atoms with Crippen LogP contribution in [0.1, 0.15) is 32.3 Å². The number of carbonyl (C=O) groups is 1. The summed E-state index contributed by atoms with van der Waals surface area (Å²) in [5.41, 5.74) is 1.23. The zero-order chi connectivity index (χ0) is 12.0. The topological polar surface area (TPSA) is 37.3 Å². The smallest absolute Gasteiger partial charge is 0.303 e. The summed E-state index contributed by atoms with van der Waals surface area (Å²) in [7, 11) is 0. The molecule has 16 heavy (non-hydrogen) atoms. The molecule has 2 heteroatoms. The van der Waals surface area contributed by atoms with Crippen LogP contribution in [0.2, 0.25) is 0 Å². The lowest BCUT2D eigenvalue weighted by Crippen LogP contribution is -2.13. The molecule has 0 saturated heterocycles. The van der Waals surface area contributed by atoms with Crippen LogP contribution in [0, 0.1) is 11.8 Å². The first-order valence-electron chi connectivity index (χ1n) is 5.83. The van der Waals surface area contributed by atoms with Crippen molar-refractivity contribution in [1.82, 2.24) is 0 Å². The van der Waals surface area contributed by atoms with Gasteiger partial charge in [-0.2, -0.15) is 0 Å². The van der Waals surface area contributed by atoms with Gasteiger partial charge in [0.05, 0.1) is 0 Å². The molecule has 0 aliphatic carbocycles. The van der Waals surface area contributed by atoms with Gasteiger partial charge in [-0.1, -0.05) is 44.2 Å². The van der Waals surface area contributed by atoms with E-state index in [1.165, 1.54) is 5.56 Å². The van der Waals surface area contributed by atoms with Gasteiger partial charge in [0.25, 0.3) is 0 Å². The quantitative estimate of drug-likeness (QED) is 0.798. The molecule has 1 rings (SSSR count). The molecule has 0 bridgehead atoms. The Morgan fingerprint density at radius 3 is 2.38 bits per heavy atom. The first-order valence-corrected chi connectivity index (χ1v) is 5.83. The second-order valence-electron chi connectivity index (χ2n) is 4.78. The zero-order valence-electron chi connectivity index (χ0n) is 10.0. The largest absolute Gasteiger partial charge is 0.481 e. The van der Waals surface area contributed by atoms with Crippen molar-refractivity contribution >= 4 is 5.97 Å². The van der Waals surface area contributed by atoms with Gasteiger partial charge in [0, 0.05) is 6.42 Å². The molecule has 0 spiro atoms. The average Bonchev–Trinajstić information content (AvgIpc) is 2.16. The van der Waals surface area contributed by atoms with Crippen molar-refractivity contribution in [1.29, 1.82) is 0 Å². The Kier molecular flexibility index (Phi) is 5.03. The molecule has 0 aromatic heterocycles. The number of hydrogen-bond donors (Lipinski definition) is 1. The van der Waals surface area contributed by atoms with Gasteiger partial charge in [-0.25, -0.2) is 0 Å². The lowest BCUT2D eigenvalue weighted by molar-refractivity contribution is -0.138. The highest BCUT2D eigenvalue weighted by Gasteiger charge is 2.15. The van der Waals surface area contributed by atoms with Crippen molar-refractivity contribution in [2.24, 2.45) is 11.8 Å². The van der Waals surface area contributed by atoms with E-state index >= 15 is 0 Å². The third-order valence-corrected chi connectivity index (χ3v) is 2.64. The first-order chi connectivity index (χ1) is 7.58. The highest BCUT2D eigenvalue weighted by Crippen LogP contribution is 2.20. The van der Waals surface area contributed by atoms with Crippen LogP contribution >= 0.6 is 0 Å². The van der Waals surface area contributed by atoms with Crippen molar-refractivity contribution in [2.75, 3.05) is 0 Å². The third kappa shape index (κ3) is 4.96. The molecule has 0 heterocycles. The summed E-state index contributed by atoms with van der Waals surface area (Å²) in [6.07, 6.45) is 2.11. The van der Waals surface area contributed by atoms with Crippen LogP contribution in [0.3, 0.4) is 0 Å². The highest BCUT2D eigenvalue weighted by atomic mass is 16.4. The number of hydrogen-bond acceptors (Lipinski definition) is 1. The maximum absolute atomic E-state index is 10.8. The summed E-state index contributed by atoms with van der Waals surface area (Å²) in [6, 6.07) is 10.1. The second-order valence-corrected chi connectivity index (χ2v) is 4.78. The molecule has 0 fully saturated rings. The summed E-state index contributed by atoms with van der Waals surface area (Å²) < 4.78 is 0. The van der Waals surface area contributed by atoms with Gasteiger partial charge in [-0.3, -0.25) is 4.79 Å². The zero-order valence-corrected chi connectivity index (χ0v) is 10.0. The Bertz CT molecular complexity index is 317. The van der Waals surface area contributed by atoms with Crippen LogP contribution in [0.5, 0.6) is 0 Å². The standard InChI is InChI=1S/C14H20O2/c1-11(2)8-13(10-14(15)16)9-12-6-4-3-5-7-12/h3-7,11,13H,8-10H2,1-2H3,(H,15,16). The van der Waals surface area contributed by atoms with Crippen molar-refractivity contribution < 1.29 is 9.90 Å². The molecule has 1 aromatic rings. The van der Waals surface area contributed by atoms with Gasteiger partial charge in [-0.05, 0) is 30.2 Å². The molecular formula is C14H20O2. The lowest BCUT2D eigenvalue weighted by atomic mass is 9.88. The normalized spacial score (nSPS) is 12.7. The van der Waals surface area contributed by atoms with E-state index in [9.17, 15) is 4.79 Å². The molecule has 1 unspecified atom stereocenters. The van der Waals surface area contributed by atoms with E-state index in [1.54, 1.807) is 0 Å². The molecule has 1 N–H and O–H groups in total. The predicted molar refractivity (Wildman–Crippen MR) is 65.3 cm³/mol. The number of aliphatic carboxylic acids is 1.